The molecular formula is C24H25N3O3. The second kappa shape index (κ2) is 8.86. The summed E-state index contributed by atoms with van der Waals surface area (Å²) in [6.07, 6.45) is 1.85. The maximum Gasteiger partial charge on any atom is 0.271 e. The summed E-state index contributed by atoms with van der Waals surface area (Å²) in [5, 5.41) is 3.00. The van der Waals surface area contributed by atoms with Crippen LogP contribution in [-0.2, 0) is 24.4 Å². The highest BCUT2D eigenvalue weighted by Crippen LogP contribution is 2.21. The van der Waals surface area contributed by atoms with E-state index in [4.69, 9.17) is 4.74 Å². The fraction of sp³-hybridized carbons (Fsp3) is 0.250. The van der Waals surface area contributed by atoms with Crippen molar-refractivity contribution in [3.63, 3.8) is 0 Å². The van der Waals surface area contributed by atoms with E-state index in [2.05, 4.69) is 5.32 Å². The van der Waals surface area contributed by atoms with Crippen LogP contribution < -0.4 is 10.1 Å². The molecule has 0 saturated heterocycles. The van der Waals surface area contributed by atoms with Crippen LogP contribution in [0.1, 0.15) is 28.5 Å². The molecule has 0 spiro atoms. The Hall–Kier alpha value is -3.54. The molecule has 1 aromatic heterocycles. The van der Waals surface area contributed by atoms with E-state index in [9.17, 15) is 9.59 Å². The van der Waals surface area contributed by atoms with Gasteiger partial charge in [-0.25, -0.2) is 0 Å². The first-order valence-electron chi connectivity index (χ1n) is 10.1. The van der Waals surface area contributed by atoms with Crippen LogP contribution in [0.2, 0.25) is 0 Å². The Morgan fingerprint density at radius 1 is 1.07 bits per heavy atom. The topological polar surface area (TPSA) is 63.6 Å². The van der Waals surface area contributed by atoms with E-state index in [-0.39, 0.29) is 11.8 Å². The summed E-state index contributed by atoms with van der Waals surface area (Å²) < 4.78 is 7.38. The lowest BCUT2D eigenvalue weighted by atomic mass is 10.1. The summed E-state index contributed by atoms with van der Waals surface area (Å²) in [5.41, 5.74) is 2.56. The normalized spacial score (nSPS) is 15.6. The van der Waals surface area contributed by atoms with Crippen molar-refractivity contribution in [2.24, 2.45) is 0 Å². The Kier molecular flexibility index (Phi) is 5.84. The molecule has 2 amide bonds. The van der Waals surface area contributed by atoms with Crippen molar-refractivity contribution in [3.8, 4) is 5.75 Å². The molecule has 0 bridgehead atoms. The molecule has 4 rings (SSSR count). The van der Waals surface area contributed by atoms with Crippen LogP contribution in [0.4, 0.5) is 0 Å². The average molecular weight is 403 g/mol. The van der Waals surface area contributed by atoms with Crippen molar-refractivity contribution in [1.82, 2.24) is 14.8 Å². The highest BCUT2D eigenvalue weighted by atomic mass is 16.5. The van der Waals surface area contributed by atoms with Gasteiger partial charge in [-0.15, -0.1) is 0 Å². The fourth-order valence-electron chi connectivity index (χ4n) is 3.75. The van der Waals surface area contributed by atoms with E-state index in [0.29, 0.717) is 31.9 Å². The van der Waals surface area contributed by atoms with Gasteiger partial charge in [0, 0.05) is 19.3 Å². The van der Waals surface area contributed by atoms with Gasteiger partial charge in [-0.1, -0.05) is 42.5 Å². The highest BCUT2D eigenvalue weighted by Gasteiger charge is 2.36. The Balaban J connectivity index is 1.51. The molecule has 0 radical (unpaired) electrons. The molecule has 0 saturated carbocycles. The second-order valence-electron chi connectivity index (χ2n) is 7.28. The average Bonchev–Trinajstić information content (AvgIpc) is 3.24. The number of benzene rings is 2. The van der Waals surface area contributed by atoms with Crippen molar-refractivity contribution < 1.29 is 14.3 Å². The van der Waals surface area contributed by atoms with E-state index < -0.39 is 6.04 Å². The Morgan fingerprint density at radius 3 is 2.67 bits per heavy atom. The summed E-state index contributed by atoms with van der Waals surface area (Å²) >= 11 is 0. The van der Waals surface area contributed by atoms with Gasteiger partial charge in [0.2, 0.25) is 5.91 Å². The maximum atomic E-state index is 13.1. The molecule has 1 atom stereocenters. The van der Waals surface area contributed by atoms with Crippen LogP contribution >= 0.6 is 0 Å². The quantitative estimate of drug-likeness (QED) is 0.659. The zero-order valence-corrected chi connectivity index (χ0v) is 17.0. The predicted octanol–water partition coefficient (Wildman–Crippen LogP) is 3.23. The number of hydrogen-bond donors (Lipinski definition) is 1. The van der Waals surface area contributed by atoms with E-state index >= 15 is 0 Å². The molecular weight excluding hydrogens is 378 g/mol. The van der Waals surface area contributed by atoms with Gasteiger partial charge in [-0.2, -0.15) is 0 Å². The zero-order chi connectivity index (χ0) is 20.9. The summed E-state index contributed by atoms with van der Waals surface area (Å²) in [4.78, 5) is 27.9. The molecule has 2 aromatic carbocycles. The van der Waals surface area contributed by atoms with E-state index in [1.54, 1.807) is 11.0 Å². The number of fused-ring (bicyclic) bond motifs is 1. The predicted molar refractivity (Wildman–Crippen MR) is 114 cm³/mol. The van der Waals surface area contributed by atoms with Gasteiger partial charge in [0.05, 0.1) is 13.2 Å². The molecule has 1 aliphatic rings. The van der Waals surface area contributed by atoms with Gasteiger partial charge in [-0.3, -0.25) is 9.59 Å². The van der Waals surface area contributed by atoms with Crippen molar-refractivity contribution in [1.29, 1.82) is 0 Å². The third-order valence-corrected chi connectivity index (χ3v) is 5.23. The molecule has 1 aliphatic heterocycles. The minimum absolute atomic E-state index is 0.131. The highest BCUT2D eigenvalue weighted by molar-refractivity contribution is 5.97. The standard InChI is InChI=1S/C24H25N3O3/c1-2-30-20-11-6-10-19(14-20)15-25-23(28)22-17-26-13-7-12-21(26)24(29)27(22)16-18-8-4-3-5-9-18/h3-14,22H,2,15-17H2,1H3,(H,25,28). The van der Waals surface area contributed by atoms with Gasteiger partial charge in [-0.05, 0) is 42.3 Å². The zero-order valence-electron chi connectivity index (χ0n) is 17.0. The lowest BCUT2D eigenvalue weighted by molar-refractivity contribution is -0.126. The number of ether oxygens (including phenoxy) is 1. The first-order valence-corrected chi connectivity index (χ1v) is 10.1. The largest absolute Gasteiger partial charge is 0.494 e. The molecule has 0 fully saturated rings. The molecule has 30 heavy (non-hydrogen) atoms. The number of hydrogen-bond acceptors (Lipinski definition) is 3. The summed E-state index contributed by atoms with van der Waals surface area (Å²) in [6.45, 7) is 3.73. The number of rotatable bonds is 7. The van der Waals surface area contributed by atoms with Gasteiger partial charge in [0.1, 0.15) is 17.5 Å². The molecule has 1 N–H and O–H groups in total. The van der Waals surface area contributed by atoms with Crippen LogP contribution in [0.25, 0.3) is 0 Å². The molecule has 6 nitrogen and oxygen atoms in total. The lowest BCUT2D eigenvalue weighted by Gasteiger charge is -2.35. The molecule has 2 heterocycles. The number of aromatic nitrogens is 1. The summed E-state index contributed by atoms with van der Waals surface area (Å²) in [6, 6.07) is 20.5. The molecule has 3 aromatic rings. The van der Waals surface area contributed by atoms with Gasteiger partial charge in [0.15, 0.2) is 0 Å². The number of carbonyl (C=O) groups is 2. The van der Waals surface area contributed by atoms with Crippen LogP contribution in [-0.4, -0.2) is 33.9 Å². The maximum absolute atomic E-state index is 13.1. The third kappa shape index (κ3) is 4.22. The smallest absolute Gasteiger partial charge is 0.271 e. The molecule has 6 heteroatoms. The second-order valence-corrected chi connectivity index (χ2v) is 7.28. The Bertz CT molecular complexity index is 1030. The first kappa shape index (κ1) is 19.8. The minimum Gasteiger partial charge on any atom is -0.494 e. The van der Waals surface area contributed by atoms with Crippen molar-refractivity contribution >= 4 is 11.8 Å². The minimum atomic E-state index is -0.576. The lowest BCUT2D eigenvalue weighted by Crippen LogP contribution is -2.54. The van der Waals surface area contributed by atoms with Gasteiger partial charge in [0.25, 0.3) is 5.91 Å². The SMILES string of the molecule is CCOc1cccc(CNC(=O)C2Cn3cccc3C(=O)N2Cc2ccccc2)c1. The number of amides is 2. The van der Waals surface area contributed by atoms with E-state index in [1.807, 2.05) is 78.4 Å². The number of nitrogens with one attached hydrogen (secondary N) is 1. The third-order valence-electron chi connectivity index (χ3n) is 5.23. The Labute approximate surface area is 176 Å². The number of nitrogens with zero attached hydrogens (tertiary/aromatic N) is 2. The van der Waals surface area contributed by atoms with Crippen molar-refractivity contribution in [3.05, 3.63) is 89.7 Å². The van der Waals surface area contributed by atoms with Gasteiger partial charge < -0.3 is 19.5 Å². The van der Waals surface area contributed by atoms with E-state index in [0.717, 1.165) is 16.9 Å². The summed E-state index contributed by atoms with van der Waals surface area (Å²) in [5.74, 6) is 0.480. The molecule has 1 unspecified atom stereocenters. The van der Waals surface area contributed by atoms with Gasteiger partial charge >= 0.3 is 0 Å². The molecule has 154 valence electrons. The Morgan fingerprint density at radius 2 is 1.87 bits per heavy atom. The van der Waals surface area contributed by atoms with Crippen molar-refractivity contribution in [2.75, 3.05) is 6.61 Å². The molecule has 0 aliphatic carbocycles. The summed E-state index contributed by atoms with van der Waals surface area (Å²) in [7, 11) is 0. The van der Waals surface area contributed by atoms with E-state index in [1.165, 1.54) is 0 Å². The number of carbonyl (C=O) groups excluding carboxylic acids is 2. The first-order chi connectivity index (χ1) is 14.7. The van der Waals surface area contributed by atoms with Crippen LogP contribution in [0.5, 0.6) is 5.75 Å². The van der Waals surface area contributed by atoms with Crippen LogP contribution in [0.15, 0.2) is 72.9 Å². The van der Waals surface area contributed by atoms with Crippen molar-refractivity contribution in [2.45, 2.75) is 32.6 Å². The van der Waals surface area contributed by atoms with Crippen LogP contribution in [0, 0.1) is 0 Å². The monoisotopic (exact) mass is 403 g/mol. The fourth-order valence-corrected chi connectivity index (χ4v) is 3.75. The van der Waals surface area contributed by atoms with Crippen LogP contribution in [0.3, 0.4) is 0 Å².